The number of aliphatic imine (C=N–C) groups is 1. The highest BCUT2D eigenvalue weighted by molar-refractivity contribution is 6.07. The molecule has 45 heavy (non-hydrogen) atoms. The average molecular weight is 606 g/mol. The van der Waals surface area contributed by atoms with E-state index >= 15 is 0 Å². The van der Waals surface area contributed by atoms with E-state index in [0.717, 1.165) is 39.5 Å². The highest BCUT2D eigenvalue weighted by Gasteiger charge is 2.33. The number of amides is 1. The number of carbonyl (C=O) groups is 2. The molecule has 3 aliphatic rings. The van der Waals surface area contributed by atoms with Crippen molar-refractivity contribution in [2.75, 3.05) is 20.8 Å². The molecule has 3 aromatic carbocycles. The molecular formula is C37H39N3O5. The summed E-state index contributed by atoms with van der Waals surface area (Å²) in [5.74, 6) is 1.55. The summed E-state index contributed by atoms with van der Waals surface area (Å²) in [7, 11) is 3.05. The maximum absolute atomic E-state index is 13.9. The standard InChI is InChI=1S/C37H39N3O5/c1-37(2,32-20-25-18-24(36(42)44-4)11-15-29(25)38-32)39-35(41)23-10-13-27-30(19-23)40-16-17-45-31-21-26(43-3)12-14-28(31)34(40)33(27)22-8-6-5-7-9-22/h10-15,18-19,21-22H,5-9,16-17,20H2,1-4H3,(H,39,41). The lowest BCUT2D eigenvalue weighted by molar-refractivity contribution is 0.0600. The molecule has 8 nitrogen and oxygen atoms in total. The molecule has 0 bridgehead atoms. The summed E-state index contributed by atoms with van der Waals surface area (Å²) >= 11 is 0. The quantitative estimate of drug-likeness (QED) is 0.232. The maximum atomic E-state index is 13.9. The van der Waals surface area contributed by atoms with E-state index < -0.39 is 5.54 Å². The van der Waals surface area contributed by atoms with E-state index in [2.05, 4.69) is 22.0 Å². The molecule has 0 unspecified atom stereocenters. The molecule has 1 saturated carbocycles. The van der Waals surface area contributed by atoms with Crippen LogP contribution in [0.25, 0.3) is 22.2 Å². The normalized spacial score (nSPS) is 16.1. The molecule has 2 aliphatic heterocycles. The third kappa shape index (κ3) is 5.16. The zero-order chi connectivity index (χ0) is 31.3. The summed E-state index contributed by atoms with van der Waals surface area (Å²) < 4.78 is 19.0. The number of carbonyl (C=O) groups excluding carboxylic acids is 2. The molecule has 4 aromatic rings. The fourth-order valence-electron chi connectivity index (χ4n) is 7.27. The molecule has 1 fully saturated rings. The number of nitrogens with zero attached hydrogens (tertiary/aromatic N) is 2. The van der Waals surface area contributed by atoms with Crippen LogP contribution in [0.4, 0.5) is 5.69 Å². The Bertz CT molecular complexity index is 1860. The fourth-order valence-corrected chi connectivity index (χ4v) is 7.27. The van der Waals surface area contributed by atoms with Gasteiger partial charge in [0.15, 0.2) is 0 Å². The monoisotopic (exact) mass is 605 g/mol. The summed E-state index contributed by atoms with van der Waals surface area (Å²) in [6.07, 6.45) is 6.63. The average Bonchev–Trinajstić information content (AvgIpc) is 3.58. The molecule has 1 amide bonds. The smallest absolute Gasteiger partial charge is 0.337 e. The van der Waals surface area contributed by atoms with Crippen molar-refractivity contribution < 1.29 is 23.8 Å². The van der Waals surface area contributed by atoms with E-state index in [4.69, 9.17) is 19.2 Å². The Balaban J connectivity index is 1.23. The second kappa shape index (κ2) is 11.4. The first-order chi connectivity index (χ1) is 21.8. The highest BCUT2D eigenvalue weighted by Crippen LogP contribution is 2.47. The van der Waals surface area contributed by atoms with Gasteiger partial charge in [0.25, 0.3) is 5.91 Å². The highest BCUT2D eigenvalue weighted by atomic mass is 16.5. The van der Waals surface area contributed by atoms with E-state index in [0.29, 0.717) is 36.6 Å². The predicted molar refractivity (Wildman–Crippen MR) is 175 cm³/mol. The Morgan fingerprint density at radius 1 is 0.978 bits per heavy atom. The largest absolute Gasteiger partial charge is 0.497 e. The Kier molecular flexibility index (Phi) is 7.38. The number of methoxy groups -OCH3 is 2. The Labute approximate surface area is 263 Å². The number of hydrogen-bond acceptors (Lipinski definition) is 6. The van der Waals surface area contributed by atoms with E-state index in [1.807, 2.05) is 50.2 Å². The van der Waals surface area contributed by atoms with Crippen LogP contribution in [-0.2, 0) is 17.7 Å². The molecule has 0 saturated heterocycles. The minimum Gasteiger partial charge on any atom is -0.497 e. The number of ether oxygens (including phenoxy) is 3. The first kappa shape index (κ1) is 29.1. The molecule has 7 rings (SSSR count). The first-order valence-electron chi connectivity index (χ1n) is 15.9. The van der Waals surface area contributed by atoms with Crippen LogP contribution in [0.15, 0.2) is 59.6 Å². The third-order valence-electron chi connectivity index (χ3n) is 9.66. The molecule has 0 spiro atoms. The SMILES string of the molecule is COC(=O)c1ccc2c(c1)CC(C(C)(C)NC(=O)c1ccc3c(C4CCCCC4)c4n(c3c1)CCOc1cc(OC)ccc1-4)=N2. The number of aromatic nitrogens is 1. The molecule has 0 atom stereocenters. The molecule has 0 radical (unpaired) electrons. The van der Waals surface area contributed by atoms with Gasteiger partial charge in [-0.05, 0) is 86.2 Å². The molecule has 232 valence electrons. The van der Waals surface area contributed by atoms with Gasteiger partial charge < -0.3 is 24.1 Å². The minimum absolute atomic E-state index is 0.152. The summed E-state index contributed by atoms with van der Waals surface area (Å²) in [6, 6.07) is 17.6. The van der Waals surface area contributed by atoms with Gasteiger partial charge in [-0.1, -0.05) is 25.3 Å². The summed E-state index contributed by atoms with van der Waals surface area (Å²) in [5.41, 5.74) is 7.71. The van der Waals surface area contributed by atoms with Gasteiger partial charge in [0.2, 0.25) is 0 Å². The number of hydrogen-bond donors (Lipinski definition) is 1. The van der Waals surface area contributed by atoms with Crippen molar-refractivity contribution in [1.82, 2.24) is 9.88 Å². The molecule has 1 N–H and O–H groups in total. The van der Waals surface area contributed by atoms with Crippen LogP contribution < -0.4 is 14.8 Å². The zero-order valence-electron chi connectivity index (χ0n) is 26.4. The van der Waals surface area contributed by atoms with Gasteiger partial charge in [-0.2, -0.15) is 0 Å². The number of nitrogens with one attached hydrogen (secondary N) is 1. The van der Waals surface area contributed by atoms with Crippen LogP contribution in [0.1, 0.15) is 83.7 Å². The first-order valence-corrected chi connectivity index (χ1v) is 15.9. The fraction of sp³-hybridized carbons (Fsp3) is 0.378. The third-order valence-corrected chi connectivity index (χ3v) is 9.66. The number of rotatable bonds is 6. The minimum atomic E-state index is -0.703. The zero-order valence-corrected chi connectivity index (χ0v) is 26.4. The Morgan fingerprint density at radius 3 is 2.56 bits per heavy atom. The van der Waals surface area contributed by atoms with Gasteiger partial charge in [0.05, 0.1) is 43.2 Å². The lowest BCUT2D eigenvalue weighted by Gasteiger charge is -2.26. The van der Waals surface area contributed by atoms with Gasteiger partial charge in [-0.25, -0.2) is 4.79 Å². The van der Waals surface area contributed by atoms with E-state index in [9.17, 15) is 9.59 Å². The van der Waals surface area contributed by atoms with Crippen LogP contribution in [0.2, 0.25) is 0 Å². The van der Waals surface area contributed by atoms with Crippen molar-refractivity contribution in [3.05, 3.63) is 76.9 Å². The molecule has 3 heterocycles. The predicted octanol–water partition coefficient (Wildman–Crippen LogP) is 7.38. The number of benzene rings is 3. The number of esters is 1. The van der Waals surface area contributed by atoms with Crippen molar-refractivity contribution in [1.29, 1.82) is 0 Å². The van der Waals surface area contributed by atoms with E-state index in [1.165, 1.54) is 55.9 Å². The summed E-state index contributed by atoms with van der Waals surface area (Å²) in [5, 5.41) is 4.46. The number of fused-ring (bicyclic) bond motifs is 6. The lowest BCUT2D eigenvalue weighted by atomic mass is 9.81. The van der Waals surface area contributed by atoms with Crippen molar-refractivity contribution >= 4 is 34.2 Å². The van der Waals surface area contributed by atoms with Gasteiger partial charge in [-0.3, -0.25) is 9.79 Å². The Hall–Kier alpha value is -4.59. The molecule has 8 heteroatoms. The van der Waals surface area contributed by atoms with Gasteiger partial charge >= 0.3 is 5.97 Å². The van der Waals surface area contributed by atoms with Crippen molar-refractivity contribution in [2.45, 2.75) is 70.4 Å². The molecular weight excluding hydrogens is 566 g/mol. The van der Waals surface area contributed by atoms with Gasteiger partial charge in [0.1, 0.15) is 18.1 Å². The second-order valence-electron chi connectivity index (χ2n) is 12.8. The van der Waals surface area contributed by atoms with E-state index in [1.54, 1.807) is 13.2 Å². The van der Waals surface area contributed by atoms with Crippen LogP contribution in [0.5, 0.6) is 11.5 Å². The van der Waals surface area contributed by atoms with Crippen LogP contribution >= 0.6 is 0 Å². The maximum Gasteiger partial charge on any atom is 0.337 e. The van der Waals surface area contributed by atoms with Crippen LogP contribution in [0.3, 0.4) is 0 Å². The van der Waals surface area contributed by atoms with Crippen LogP contribution in [-0.4, -0.2) is 48.5 Å². The molecule has 1 aliphatic carbocycles. The topological polar surface area (TPSA) is 91.2 Å². The van der Waals surface area contributed by atoms with E-state index in [-0.39, 0.29) is 11.9 Å². The summed E-state index contributed by atoms with van der Waals surface area (Å²) in [4.78, 5) is 30.7. The second-order valence-corrected chi connectivity index (χ2v) is 12.8. The van der Waals surface area contributed by atoms with Crippen LogP contribution in [0, 0.1) is 0 Å². The lowest BCUT2D eigenvalue weighted by Crippen LogP contribution is -2.49. The van der Waals surface area contributed by atoms with Crippen molar-refractivity contribution in [3.8, 4) is 22.8 Å². The van der Waals surface area contributed by atoms with Gasteiger partial charge in [-0.15, -0.1) is 0 Å². The molecule has 1 aromatic heterocycles. The van der Waals surface area contributed by atoms with Gasteiger partial charge in [0, 0.05) is 40.2 Å². The van der Waals surface area contributed by atoms with Crippen molar-refractivity contribution in [3.63, 3.8) is 0 Å². The Morgan fingerprint density at radius 2 is 1.78 bits per heavy atom. The van der Waals surface area contributed by atoms with Crippen molar-refractivity contribution in [2.24, 2.45) is 4.99 Å². The summed E-state index contributed by atoms with van der Waals surface area (Å²) in [6.45, 7) is 5.17.